The van der Waals surface area contributed by atoms with Gasteiger partial charge in [0.15, 0.2) is 5.11 Å². The summed E-state index contributed by atoms with van der Waals surface area (Å²) in [5, 5.41) is 8.45. The normalized spacial score (nSPS) is 17.7. The molecule has 6 heteroatoms. The third-order valence-electron chi connectivity index (χ3n) is 6.58. The third-order valence-corrected chi connectivity index (χ3v) is 7.03. The van der Waals surface area contributed by atoms with E-state index >= 15 is 0 Å². The van der Waals surface area contributed by atoms with Gasteiger partial charge in [-0.25, -0.2) is 0 Å². The Morgan fingerprint density at radius 2 is 1.87 bits per heavy atom. The van der Waals surface area contributed by atoms with E-state index in [2.05, 4.69) is 28.8 Å². The molecule has 2 N–H and O–H groups in total. The highest BCUT2D eigenvalue weighted by Crippen LogP contribution is 2.34. The van der Waals surface area contributed by atoms with Crippen molar-refractivity contribution in [3.05, 3.63) is 58.6 Å². The highest BCUT2D eigenvalue weighted by molar-refractivity contribution is 7.80. The van der Waals surface area contributed by atoms with Gasteiger partial charge in [-0.15, -0.1) is 0 Å². The van der Waals surface area contributed by atoms with Crippen LogP contribution in [0.2, 0.25) is 5.02 Å². The number of carbonyl (C=O) groups is 1. The Morgan fingerprint density at radius 1 is 1.13 bits per heavy atom. The van der Waals surface area contributed by atoms with Crippen LogP contribution in [-0.4, -0.2) is 23.1 Å². The summed E-state index contributed by atoms with van der Waals surface area (Å²) < 4.78 is 0. The molecule has 0 radical (unpaired) electrons. The second kappa shape index (κ2) is 9.58. The zero-order valence-corrected chi connectivity index (χ0v) is 19.6. The van der Waals surface area contributed by atoms with E-state index in [4.69, 9.17) is 23.8 Å². The number of nitrogens with zero attached hydrogens (tertiary/aromatic N) is 1. The van der Waals surface area contributed by atoms with Gasteiger partial charge in [0.1, 0.15) is 0 Å². The number of nitrogens with one attached hydrogen (secondary N) is 2. The van der Waals surface area contributed by atoms with E-state index in [-0.39, 0.29) is 11.4 Å². The summed E-state index contributed by atoms with van der Waals surface area (Å²) in [7, 11) is 0. The predicted molar refractivity (Wildman–Crippen MR) is 133 cm³/mol. The third kappa shape index (κ3) is 5.39. The fourth-order valence-electron chi connectivity index (χ4n) is 4.81. The van der Waals surface area contributed by atoms with Gasteiger partial charge in [-0.3, -0.25) is 4.79 Å². The standard InChI is InChI=1S/C25H30ClN3OS/c1-18-6-11-21(17-22(18)29-16-4-5-23(29)30)27-24(31)28-25(13-2-3-14-25)15-12-19-7-9-20(26)10-8-19/h6-11,17H,2-5,12-16H2,1H3,(H2,27,28,31). The van der Waals surface area contributed by atoms with Crippen LogP contribution in [0.4, 0.5) is 11.4 Å². The fraction of sp³-hybridized carbons (Fsp3) is 0.440. The number of rotatable bonds is 6. The second-order valence-electron chi connectivity index (χ2n) is 8.84. The lowest BCUT2D eigenvalue weighted by atomic mass is 9.89. The number of carbonyl (C=O) groups excluding carboxylic acids is 1. The van der Waals surface area contributed by atoms with Gasteiger partial charge in [0.25, 0.3) is 0 Å². The predicted octanol–water partition coefficient (Wildman–Crippen LogP) is 6.01. The highest BCUT2D eigenvalue weighted by Gasteiger charge is 2.34. The van der Waals surface area contributed by atoms with Crippen LogP contribution in [0.5, 0.6) is 0 Å². The van der Waals surface area contributed by atoms with Gasteiger partial charge in [0.2, 0.25) is 5.91 Å². The van der Waals surface area contributed by atoms with Crippen molar-refractivity contribution >= 4 is 46.2 Å². The van der Waals surface area contributed by atoms with Crippen molar-refractivity contribution in [1.29, 1.82) is 0 Å². The number of benzene rings is 2. The number of hydrogen-bond donors (Lipinski definition) is 2. The number of halogens is 1. The van der Waals surface area contributed by atoms with Crippen molar-refractivity contribution in [1.82, 2.24) is 5.32 Å². The second-order valence-corrected chi connectivity index (χ2v) is 9.69. The van der Waals surface area contributed by atoms with E-state index in [9.17, 15) is 4.79 Å². The smallest absolute Gasteiger partial charge is 0.227 e. The van der Waals surface area contributed by atoms with E-state index in [0.717, 1.165) is 60.6 Å². The molecule has 2 fully saturated rings. The zero-order valence-electron chi connectivity index (χ0n) is 18.0. The van der Waals surface area contributed by atoms with Gasteiger partial charge in [-0.2, -0.15) is 0 Å². The lowest BCUT2D eigenvalue weighted by molar-refractivity contribution is -0.117. The summed E-state index contributed by atoms with van der Waals surface area (Å²) in [4.78, 5) is 14.1. The minimum Gasteiger partial charge on any atom is -0.357 e. The van der Waals surface area contributed by atoms with Gasteiger partial charge >= 0.3 is 0 Å². The molecular formula is C25H30ClN3OS. The van der Waals surface area contributed by atoms with Crippen molar-refractivity contribution < 1.29 is 4.79 Å². The molecule has 2 aromatic carbocycles. The van der Waals surface area contributed by atoms with Crippen LogP contribution in [-0.2, 0) is 11.2 Å². The summed E-state index contributed by atoms with van der Waals surface area (Å²) in [6, 6.07) is 14.3. The monoisotopic (exact) mass is 455 g/mol. The molecule has 0 aromatic heterocycles. The quantitative estimate of drug-likeness (QED) is 0.523. The molecule has 1 aliphatic carbocycles. The molecule has 0 bridgehead atoms. The minimum atomic E-state index is 0.0299. The first kappa shape index (κ1) is 22.1. The molecule has 4 rings (SSSR count). The van der Waals surface area contributed by atoms with Gasteiger partial charge in [-0.05, 0) is 86.6 Å². The van der Waals surface area contributed by atoms with Crippen molar-refractivity contribution in [3.8, 4) is 0 Å². The minimum absolute atomic E-state index is 0.0299. The SMILES string of the molecule is Cc1ccc(NC(=S)NC2(CCc3ccc(Cl)cc3)CCCC2)cc1N1CCCC1=O. The summed E-state index contributed by atoms with van der Waals surface area (Å²) >= 11 is 11.7. The van der Waals surface area contributed by atoms with Gasteiger partial charge < -0.3 is 15.5 Å². The van der Waals surface area contributed by atoms with E-state index in [0.29, 0.717) is 11.5 Å². The molecule has 1 heterocycles. The van der Waals surface area contributed by atoms with Gasteiger partial charge in [-0.1, -0.05) is 42.6 Å². The van der Waals surface area contributed by atoms with Crippen molar-refractivity contribution in [2.45, 2.75) is 63.8 Å². The molecule has 1 aliphatic heterocycles. The molecular weight excluding hydrogens is 426 g/mol. The lowest BCUT2D eigenvalue weighted by Crippen LogP contribution is -2.48. The molecule has 31 heavy (non-hydrogen) atoms. The van der Waals surface area contributed by atoms with Crippen LogP contribution < -0.4 is 15.5 Å². The summed E-state index contributed by atoms with van der Waals surface area (Å²) in [5.74, 6) is 0.202. The molecule has 2 aliphatic rings. The first-order chi connectivity index (χ1) is 14.9. The Kier molecular flexibility index (Phi) is 6.83. The summed E-state index contributed by atoms with van der Waals surface area (Å²) in [6.45, 7) is 2.84. The van der Waals surface area contributed by atoms with Crippen molar-refractivity contribution in [2.75, 3.05) is 16.8 Å². The molecule has 1 saturated heterocycles. The van der Waals surface area contributed by atoms with Crippen LogP contribution in [0.3, 0.4) is 0 Å². The van der Waals surface area contributed by atoms with Crippen molar-refractivity contribution in [3.63, 3.8) is 0 Å². The first-order valence-electron chi connectivity index (χ1n) is 11.2. The molecule has 0 atom stereocenters. The summed E-state index contributed by atoms with van der Waals surface area (Å²) in [5.41, 5.74) is 4.34. The lowest BCUT2D eigenvalue weighted by Gasteiger charge is -2.32. The molecule has 2 aromatic rings. The topological polar surface area (TPSA) is 44.4 Å². The zero-order chi connectivity index (χ0) is 21.8. The Morgan fingerprint density at radius 3 is 2.55 bits per heavy atom. The maximum Gasteiger partial charge on any atom is 0.227 e. The molecule has 1 saturated carbocycles. The molecule has 164 valence electrons. The Hall–Kier alpha value is -2.11. The highest BCUT2D eigenvalue weighted by atomic mass is 35.5. The Balaban J connectivity index is 1.41. The number of thiocarbonyl (C=S) groups is 1. The van der Waals surface area contributed by atoms with Crippen LogP contribution in [0.1, 0.15) is 56.1 Å². The van der Waals surface area contributed by atoms with Crippen LogP contribution >= 0.6 is 23.8 Å². The molecule has 4 nitrogen and oxygen atoms in total. The van der Waals surface area contributed by atoms with Crippen LogP contribution in [0.25, 0.3) is 0 Å². The van der Waals surface area contributed by atoms with E-state index in [1.807, 2.05) is 36.1 Å². The molecule has 0 spiro atoms. The molecule has 1 amide bonds. The van der Waals surface area contributed by atoms with Crippen LogP contribution in [0.15, 0.2) is 42.5 Å². The fourth-order valence-corrected chi connectivity index (χ4v) is 5.27. The molecule has 0 unspecified atom stereocenters. The first-order valence-corrected chi connectivity index (χ1v) is 12.0. The van der Waals surface area contributed by atoms with E-state index in [1.165, 1.54) is 18.4 Å². The van der Waals surface area contributed by atoms with E-state index < -0.39 is 0 Å². The van der Waals surface area contributed by atoms with Crippen LogP contribution in [0, 0.1) is 6.92 Å². The van der Waals surface area contributed by atoms with Gasteiger partial charge in [0.05, 0.1) is 0 Å². The number of anilines is 2. The maximum absolute atomic E-state index is 12.2. The number of hydrogen-bond acceptors (Lipinski definition) is 2. The average molecular weight is 456 g/mol. The number of amides is 1. The Bertz CT molecular complexity index is 954. The average Bonchev–Trinajstić information content (AvgIpc) is 3.38. The van der Waals surface area contributed by atoms with Gasteiger partial charge in [0, 0.05) is 34.9 Å². The number of aryl methyl sites for hydroxylation is 2. The van der Waals surface area contributed by atoms with E-state index in [1.54, 1.807) is 0 Å². The Labute approximate surface area is 195 Å². The maximum atomic E-state index is 12.2. The summed E-state index contributed by atoms with van der Waals surface area (Å²) in [6.07, 6.45) is 8.30. The van der Waals surface area contributed by atoms with Crippen molar-refractivity contribution in [2.24, 2.45) is 0 Å². The largest absolute Gasteiger partial charge is 0.357 e.